The average Bonchev–Trinajstić information content (AvgIpc) is 2.27. The fourth-order valence-corrected chi connectivity index (χ4v) is 1.95. The maximum Gasteiger partial charge on any atom is 0.130 e. The van der Waals surface area contributed by atoms with Crippen molar-refractivity contribution in [2.24, 2.45) is 11.1 Å². The molecule has 1 aromatic rings. The molecule has 5 heteroatoms. The molecule has 0 bridgehead atoms. The number of benzene rings is 1. The average molecular weight is 293 g/mol. The maximum absolute atomic E-state index is 13.7. The SMILES string of the molecule is CC(c1ccc(F)cc1F)N(C)CC(C)(C)CN.Cl. The summed E-state index contributed by atoms with van der Waals surface area (Å²) in [6, 6.07) is 3.60. The molecule has 19 heavy (non-hydrogen) atoms. The summed E-state index contributed by atoms with van der Waals surface area (Å²) < 4.78 is 26.6. The molecule has 0 fully saturated rings. The molecule has 0 aromatic heterocycles. The standard InChI is InChI=1S/C14H22F2N2.ClH/c1-10(18(4)9-14(2,3)8-17)12-6-5-11(15)7-13(12)16;/h5-7,10H,8-9,17H2,1-4H3;1H. The van der Waals surface area contributed by atoms with E-state index in [2.05, 4.69) is 13.8 Å². The van der Waals surface area contributed by atoms with E-state index in [4.69, 9.17) is 5.73 Å². The zero-order valence-electron chi connectivity index (χ0n) is 11.9. The van der Waals surface area contributed by atoms with Crippen LogP contribution in [-0.4, -0.2) is 25.0 Å². The third kappa shape index (κ3) is 5.05. The normalized spacial score (nSPS) is 13.3. The van der Waals surface area contributed by atoms with E-state index < -0.39 is 11.6 Å². The summed E-state index contributed by atoms with van der Waals surface area (Å²) in [5.41, 5.74) is 6.17. The number of hydrogen-bond acceptors (Lipinski definition) is 2. The van der Waals surface area contributed by atoms with Gasteiger partial charge in [-0.3, -0.25) is 4.90 Å². The smallest absolute Gasteiger partial charge is 0.130 e. The largest absolute Gasteiger partial charge is 0.330 e. The van der Waals surface area contributed by atoms with E-state index in [9.17, 15) is 8.78 Å². The van der Waals surface area contributed by atoms with Crippen LogP contribution < -0.4 is 5.73 Å². The summed E-state index contributed by atoms with van der Waals surface area (Å²) in [6.07, 6.45) is 0. The van der Waals surface area contributed by atoms with E-state index >= 15 is 0 Å². The van der Waals surface area contributed by atoms with Gasteiger partial charge in [-0.2, -0.15) is 0 Å². The molecule has 0 aliphatic heterocycles. The monoisotopic (exact) mass is 292 g/mol. The molecule has 0 aliphatic carbocycles. The predicted molar refractivity (Wildman–Crippen MR) is 77.5 cm³/mol. The first-order valence-electron chi connectivity index (χ1n) is 6.12. The second-order valence-corrected chi connectivity index (χ2v) is 5.63. The van der Waals surface area contributed by atoms with E-state index in [0.717, 1.165) is 12.6 Å². The van der Waals surface area contributed by atoms with Gasteiger partial charge in [-0.25, -0.2) is 8.78 Å². The van der Waals surface area contributed by atoms with Gasteiger partial charge in [0.2, 0.25) is 0 Å². The minimum Gasteiger partial charge on any atom is -0.330 e. The molecule has 0 spiro atoms. The van der Waals surface area contributed by atoms with Crippen LogP contribution in [0.15, 0.2) is 18.2 Å². The summed E-state index contributed by atoms with van der Waals surface area (Å²) in [4.78, 5) is 2.03. The zero-order chi connectivity index (χ0) is 13.9. The minimum absolute atomic E-state index is 0. The Balaban J connectivity index is 0.00000324. The molecule has 1 aromatic carbocycles. The predicted octanol–water partition coefficient (Wildman–Crippen LogP) is 3.36. The Morgan fingerprint density at radius 1 is 1.32 bits per heavy atom. The van der Waals surface area contributed by atoms with Crippen molar-refractivity contribution in [3.05, 3.63) is 35.4 Å². The number of rotatable bonds is 5. The van der Waals surface area contributed by atoms with E-state index in [0.29, 0.717) is 12.1 Å². The van der Waals surface area contributed by atoms with Gasteiger partial charge in [0.15, 0.2) is 0 Å². The first kappa shape index (κ1) is 18.3. The van der Waals surface area contributed by atoms with Crippen molar-refractivity contribution in [2.75, 3.05) is 20.1 Å². The molecule has 1 atom stereocenters. The first-order chi connectivity index (χ1) is 8.26. The van der Waals surface area contributed by atoms with Gasteiger partial charge in [-0.1, -0.05) is 19.9 Å². The van der Waals surface area contributed by atoms with Crippen molar-refractivity contribution >= 4 is 12.4 Å². The Labute approximate surface area is 120 Å². The molecule has 0 saturated heterocycles. The fraction of sp³-hybridized carbons (Fsp3) is 0.571. The molecule has 0 radical (unpaired) electrons. The highest BCUT2D eigenvalue weighted by molar-refractivity contribution is 5.85. The van der Waals surface area contributed by atoms with E-state index in [-0.39, 0.29) is 23.9 Å². The maximum atomic E-state index is 13.7. The van der Waals surface area contributed by atoms with Crippen LogP contribution >= 0.6 is 12.4 Å². The third-order valence-electron chi connectivity index (χ3n) is 3.30. The lowest BCUT2D eigenvalue weighted by atomic mass is 9.92. The fourth-order valence-electron chi connectivity index (χ4n) is 1.95. The van der Waals surface area contributed by atoms with Crippen molar-refractivity contribution in [3.8, 4) is 0 Å². The molecule has 110 valence electrons. The van der Waals surface area contributed by atoms with Crippen molar-refractivity contribution < 1.29 is 8.78 Å². The van der Waals surface area contributed by atoms with Gasteiger partial charge < -0.3 is 5.73 Å². The Kier molecular flexibility index (Phi) is 6.91. The molecule has 0 aliphatic rings. The van der Waals surface area contributed by atoms with Crippen LogP contribution in [0.1, 0.15) is 32.4 Å². The molecule has 1 unspecified atom stereocenters. The van der Waals surface area contributed by atoms with Crippen LogP contribution in [0.4, 0.5) is 8.78 Å². The Hall–Kier alpha value is -0.710. The van der Waals surface area contributed by atoms with Gasteiger partial charge >= 0.3 is 0 Å². The number of nitrogens with two attached hydrogens (primary N) is 1. The second-order valence-electron chi connectivity index (χ2n) is 5.63. The van der Waals surface area contributed by atoms with Crippen LogP contribution in [0.25, 0.3) is 0 Å². The van der Waals surface area contributed by atoms with Crippen LogP contribution in [0.3, 0.4) is 0 Å². The summed E-state index contributed by atoms with van der Waals surface area (Å²) in [5.74, 6) is -1.05. The highest BCUT2D eigenvalue weighted by Crippen LogP contribution is 2.25. The van der Waals surface area contributed by atoms with Crippen LogP contribution in [0.5, 0.6) is 0 Å². The summed E-state index contributed by atoms with van der Waals surface area (Å²) in [5, 5.41) is 0. The van der Waals surface area contributed by atoms with Crippen molar-refractivity contribution in [1.29, 1.82) is 0 Å². The molecule has 0 heterocycles. The lowest BCUT2D eigenvalue weighted by molar-refractivity contribution is 0.171. The van der Waals surface area contributed by atoms with Crippen LogP contribution in [0, 0.1) is 17.0 Å². The van der Waals surface area contributed by atoms with E-state index in [1.165, 1.54) is 12.1 Å². The second kappa shape index (κ2) is 7.17. The van der Waals surface area contributed by atoms with Gasteiger partial charge in [0, 0.05) is 24.2 Å². The van der Waals surface area contributed by atoms with Gasteiger partial charge in [0.05, 0.1) is 0 Å². The first-order valence-corrected chi connectivity index (χ1v) is 6.12. The zero-order valence-corrected chi connectivity index (χ0v) is 12.7. The van der Waals surface area contributed by atoms with Gasteiger partial charge in [0.1, 0.15) is 11.6 Å². The Morgan fingerprint density at radius 3 is 2.37 bits per heavy atom. The van der Waals surface area contributed by atoms with Gasteiger partial charge in [0.25, 0.3) is 0 Å². The highest BCUT2D eigenvalue weighted by Gasteiger charge is 2.23. The summed E-state index contributed by atoms with van der Waals surface area (Å²) in [7, 11) is 1.92. The number of nitrogens with zero attached hydrogens (tertiary/aromatic N) is 1. The van der Waals surface area contributed by atoms with Crippen molar-refractivity contribution in [1.82, 2.24) is 4.90 Å². The van der Waals surface area contributed by atoms with Crippen molar-refractivity contribution in [3.63, 3.8) is 0 Å². The number of hydrogen-bond donors (Lipinski definition) is 1. The molecule has 2 N–H and O–H groups in total. The summed E-state index contributed by atoms with van der Waals surface area (Å²) in [6.45, 7) is 7.36. The quantitative estimate of drug-likeness (QED) is 0.901. The molecular formula is C14H23ClF2N2. The van der Waals surface area contributed by atoms with Crippen LogP contribution in [-0.2, 0) is 0 Å². The molecule has 0 amide bonds. The molecular weight excluding hydrogens is 270 g/mol. The van der Waals surface area contributed by atoms with Gasteiger partial charge in [-0.05, 0) is 32.0 Å². The van der Waals surface area contributed by atoms with E-state index in [1.807, 2.05) is 18.9 Å². The molecule has 0 saturated carbocycles. The lowest BCUT2D eigenvalue weighted by Gasteiger charge is -2.33. The molecule has 1 rings (SSSR count). The highest BCUT2D eigenvalue weighted by atomic mass is 35.5. The molecule has 2 nitrogen and oxygen atoms in total. The van der Waals surface area contributed by atoms with Gasteiger partial charge in [-0.15, -0.1) is 12.4 Å². The Bertz CT molecular complexity index is 410. The van der Waals surface area contributed by atoms with Crippen LogP contribution in [0.2, 0.25) is 0 Å². The minimum atomic E-state index is -0.548. The Morgan fingerprint density at radius 2 is 1.89 bits per heavy atom. The summed E-state index contributed by atoms with van der Waals surface area (Å²) >= 11 is 0. The topological polar surface area (TPSA) is 29.3 Å². The van der Waals surface area contributed by atoms with Crippen molar-refractivity contribution in [2.45, 2.75) is 26.8 Å². The number of halogens is 3. The lowest BCUT2D eigenvalue weighted by Crippen LogP contribution is -2.38. The third-order valence-corrected chi connectivity index (χ3v) is 3.30. The van der Waals surface area contributed by atoms with E-state index in [1.54, 1.807) is 0 Å².